The number of ether oxygens (including phenoxy) is 1. The summed E-state index contributed by atoms with van der Waals surface area (Å²) in [6.45, 7) is 1.91. The number of halogens is 1. The first-order chi connectivity index (χ1) is 9.77. The molecule has 8 heteroatoms. The van der Waals surface area contributed by atoms with Crippen LogP contribution in [0, 0.1) is 6.92 Å². The maximum atomic E-state index is 12.1. The molecule has 0 unspecified atom stereocenters. The third-order valence-electron chi connectivity index (χ3n) is 2.48. The number of esters is 1. The lowest BCUT2D eigenvalue weighted by molar-refractivity contribution is 0.0726. The van der Waals surface area contributed by atoms with Gasteiger partial charge in [0.25, 0.3) is 0 Å². The maximum absolute atomic E-state index is 12.1. The van der Waals surface area contributed by atoms with E-state index in [0.29, 0.717) is 5.75 Å². The predicted octanol–water partition coefficient (Wildman–Crippen LogP) is 2.17. The van der Waals surface area contributed by atoms with Crippen LogP contribution in [0.1, 0.15) is 16.1 Å². The summed E-state index contributed by atoms with van der Waals surface area (Å²) < 4.78 is 28.3. The first kappa shape index (κ1) is 15.6. The summed E-state index contributed by atoms with van der Waals surface area (Å²) >= 11 is 3.10. The van der Waals surface area contributed by atoms with E-state index >= 15 is 0 Å². The molecule has 0 spiro atoms. The quantitative estimate of drug-likeness (QED) is 0.467. The Bertz CT molecular complexity index is 788. The van der Waals surface area contributed by atoms with Crippen LogP contribution in [0.5, 0.6) is 5.75 Å². The third-order valence-corrected chi connectivity index (χ3v) is 3.92. The van der Waals surface area contributed by atoms with E-state index in [4.69, 9.17) is 4.74 Å². The number of carbonyl (C=O) groups excluding carboxylic acids is 1. The van der Waals surface area contributed by atoms with Crippen LogP contribution < -0.4 is 4.74 Å². The molecule has 1 aromatic heterocycles. The van der Waals surface area contributed by atoms with Crippen LogP contribution in [-0.2, 0) is 9.84 Å². The summed E-state index contributed by atoms with van der Waals surface area (Å²) in [4.78, 5) is 19.5. The molecule has 0 amide bonds. The van der Waals surface area contributed by atoms with Crippen molar-refractivity contribution < 1.29 is 17.9 Å². The summed E-state index contributed by atoms with van der Waals surface area (Å²) in [6, 6.07) is 6.86. The highest BCUT2D eigenvalue weighted by atomic mass is 79.9. The molecule has 0 aliphatic heterocycles. The molecule has 0 bridgehead atoms. The fourth-order valence-electron chi connectivity index (χ4n) is 1.43. The highest BCUT2D eigenvalue weighted by molar-refractivity contribution is 9.10. The molecule has 6 nitrogen and oxygen atoms in total. The van der Waals surface area contributed by atoms with Crippen molar-refractivity contribution in [3.63, 3.8) is 0 Å². The van der Waals surface area contributed by atoms with Gasteiger partial charge >= 0.3 is 5.97 Å². The molecule has 0 aliphatic carbocycles. The minimum Gasteiger partial charge on any atom is -0.422 e. The Labute approximate surface area is 130 Å². The Morgan fingerprint density at radius 2 is 1.86 bits per heavy atom. The van der Waals surface area contributed by atoms with Gasteiger partial charge in [-0.1, -0.05) is 17.7 Å². The van der Waals surface area contributed by atoms with Crippen LogP contribution >= 0.6 is 15.9 Å². The Hall–Kier alpha value is -1.80. The number of hydrogen-bond donors (Lipinski definition) is 0. The Morgan fingerprint density at radius 3 is 2.43 bits per heavy atom. The summed E-state index contributed by atoms with van der Waals surface area (Å²) in [5.41, 5.74) is 0.878. The van der Waals surface area contributed by atoms with Gasteiger partial charge in [0.05, 0.1) is 4.47 Å². The zero-order valence-corrected chi connectivity index (χ0v) is 13.6. The predicted molar refractivity (Wildman–Crippen MR) is 79.0 cm³/mol. The van der Waals surface area contributed by atoms with Crippen molar-refractivity contribution in [2.75, 3.05) is 6.26 Å². The normalized spacial score (nSPS) is 11.2. The summed E-state index contributed by atoms with van der Waals surface area (Å²) in [5, 5.41) is -0.429. The van der Waals surface area contributed by atoms with Crippen LogP contribution in [-0.4, -0.2) is 30.6 Å². The van der Waals surface area contributed by atoms with Gasteiger partial charge in [-0.25, -0.2) is 23.2 Å². The number of aromatic nitrogens is 2. The van der Waals surface area contributed by atoms with E-state index < -0.39 is 21.0 Å². The molecular weight excluding hydrogens is 360 g/mol. The van der Waals surface area contributed by atoms with Gasteiger partial charge in [0.15, 0.2) is 5.69 Å². The van der Waals surface area contributed by atoms with Gasteiger partial charge in [-0.3, -0.25) is 0 Å². The monoisotopic (exact) mass is 370 g/mol. The van der Waals surface area contributed by atoms with Crippen molar-refractivity contribution >= 4 is 31.7 Å². The van der Waals surface area contributed by atoms with Crippen molar-refractivity contribution in [3.05, 3.63) is 46.2 Å². The lowest BCUT2D eigenvalue weighted by Crippen LogP contribution is -2.15. The van der Waals surface area contributed by atoms with Crippen molar-refractivity contribution in [2.45, 2.75) is 12.1 Å². The van der Waals surface area contributed by atoms with E-state index in [1.807, 2.05) is 6.92 Å². The van der Waals surface area contributed by atoms with Gasteiger partial charge in [0.1, 0.15) is 5.75 Å². The molecule has 0 saturated heterocycles. The molecule has 0 aliphatic rings. The van der Waals surface area contributed by atoms with E-state index in [0.717, 1.165) is 11.8 Å². The maximum Gasteiger partial charge on any atom is 0.363 e. The number of sulfone groups is 1. The minimum absolute atomic E-state index is 0.147. The lowest BCUT2D eigenvalue weighted by atomic mass is 10.2. The van der Waals surface area contributed by atoms with E-state index in [-0.39, 0.29) is 10.2 Å². The van der Waals surface area contributed by atoms with Crippen LogP contribution in [0.15, 0.2) is 40.1 Å². The van der Waals surface area contributed by atoms with Gasteiger partial charge < -0.3 is 4.74 Å². The lowest BCUT2D eigenvalue weighted by Gasteiger charge is -2.06. The first-order valence-corrected chi connectivity index (χ1v) is 8.47. The minimum atomic E-state index is -3.60. The fourth-order valence-corrected chi connectivity index (χ4v) is 2.29. The molecule has 110 valence electrons. The highest BCUT2D eigenvalue weighted by Crippen LogP contribution is 2.19. The van der Waals surface area contributed by atoms with Gasteiger partial charge in [-0.2, -0.15) is 0 Å². The van der Waals surface area contributed by atoms with Crippen molar-refractivity contribution in [1.29, 1.82) is 0 Å². The van der Waals surface area contributed by atoms with Crippen molar-refractivity contribution in [3.8, 4) is 5.75 Å². The molecule has 0 radical (unpaired) electrons. The summed E-state index contributed by atoms with van der Waals surface area (Å²) in [7, 11) is -3.60. The molecule has 1 aromatic carbocycles. The van der Waals surface area contributed by atoms with Gasteiger partial charge in [0, 0.05) is 12.5 Å². The average molecular weight is 371 g/mol. The Balaban J connectivity index is 2.32. The number of hydrogen-bond acceptors (Lipinski definition) is 6. The number of aryl methyl sites for hydroxylation is 1. The number of nitrogens with zero attached hydrogens (tertiary/aromatic N) is 2. The number of rotatable bonds is 3. The average Bonchev–Trinajstić information content (AvgIpc) is 2.40. The molecule has 2 rings (SSSR count). The topological polar surface area (TPSA) is 86.2 Å². The molecule has 0 saturated carbocycles. The van der Waals surface area contributed by atoms with E-state index in [1.54, 1.807) is 24.3 Å². The Kier molecular flexibility index (Phi) is 4.38. The van der Waals surface area contributed by atoms with Crippen LogP contribution in [0.2, 0.25) is 0 Å². The smallest absolute Gasteiger partial charge is 0.363 e. The molecule has 0 N–H and O–H groups in total. The summed E-state index contributed by atoms with van der Waals surface area (Å²) in [6.07, 6.45) is 2.17. The Morgan fingerprint density at radius 1 is 1.24 bits per heavy atom. The first-order valence-electron chi connectivity index (χ1n) is 5.79. The third kappa shape index (κ3) is 3.85. The van der Waals surface area contributed by atoms with Gasteiger partial charge in [0.2, 0.25) is 15.0 Å². The van der Waals surface area contributed by atoms with Crippen LogP contribution in [0.25, 0.3) is 0 Å². The molecular formula is C13H11BrN2O4S. The molecule has 0 atom stereocenters. The highest BCUT2D eigenvalue weighted by Gasteiger charge is 2.20. The SMILES string of the molecule is Cc1ccc(OC(=O)c2nc(S(C)(=O)=O)ncc2Br)cc1. The molecule has 2 aromatic rings. The van der Waals surface area contributed by atoms with E-state index in [1.165, 1.54) is 6.20 Å². The van der Waals surface area contributed by atoms with Crippen molar-refractivity contribution in [1.82, 2.24) is 9.97 Å². The van der Waals surface area contributed by atoms with Crippen LogP contribution in [0.4, 0.5) is 0 Å². The van der Waals surface area contributed by atoms with Crippen molar-refractivity contribution in [2.24, 2.45) is 0 Å². The zero-order valence-electron chi connectivity index (χ0n) is 11.2. The van der Waals surface area contributed by atoms with Gasteiger partial charge in [-0.05, 0) is 35.0 Å². The second kappa shape index (κ2) is 5.90. The zero-order chi connectivity index (χ0) is 15.6. The van der Waals surface area contributed by atoms with Crippen LogP contribution in [0.3, 0.4) is 0 Å². The van der Waals surface area contributed by atoms with E-state index in [2.05, 4.69) is 25.9 Å². The molecule has 0 fully saturated rings. The number of benzene rings is 1. The van der Waals surface area contributed by atoms with E-state index in [9.17, 15) is 13.2 Å². The molecule has 21 heavy (non-hydrogen) atoms. The second-order valence-electron chi connectivity index (χ2n) is 4.32. The van der Waals surface area contributed by atoms with Gasteiger partial charge in [-0.15, -0.1) is 0 Å². The molecule has 1 heterocycles. The fraction of sp³-hybridized carbons (Fsp3) is 0.154. The second-order valence-corrected chi connectivity index (χ2v) is 7.09. The largest absolute Gasteiger partial charge is 0.422 e. The standard InChI is InChI=1S/C13H11BrN2O4S/c1-8-3-5-9(6-4-8)20-12(17)11-10(14)7-15-13(16-11)21(2,18)19/h3-7H,1-2H3. The summed E-state index contributed by atoms with van der Waals surface area (Å²) in [5.74, 6) is -0.421. The number of carbonyl (C=O) groups is 1.